The first-order chi connectivity index (χ1) is 16.8. The molecule has 0 unspecified atom stereocenters. The van der Waals surface area contributed by atoms with E-state index in [-0.39, 0.29) is 48.5 Å². The number of carbonyl (C=O) groups excluding carboxylic acids is 2. The molecule has 5 rings (SSSR count). The van der Waals surface area contributed by atoms with Crippen molar-refractivity contribution in [3.63, 3.8) is 0 Å². The van der Waals surface area contributed by atoms with E-state index >= 15 is 4.39 Å². The summed E-state index contributed by atoms with van der Waals surface area (Å²) in [4.78, 5) is 31.4. The Morgan fingerprint density at radius 3 is 2.94 bits per heavy atom. The Kier molecular flexibility index (Phi) is 6.22. The summed E-state index contributed by atoms with van der Waals surface area (Å²) in [5.41, 5.74) is 2.08. The van der Waals surface area contributed by atoms with Crippen molar-refractivity contribution in [3.05, 3.63) is 40.8 Å². The van der Waals surface area contributed by atoms with Gasteiger partial charge in [-0.25, -0.2) is 9.37 Å². The van der Waals surface area contributed by atoms with Gasteiger partial charge >= 0.3 is 0 Å². The smallest absolute Gasteiger partial charge is 0.262 e. The number of hydrogen-bond acceptors (Lipinski definition) is 7. The third-order valence-corrected chi connectivity index (χ3v) is 6.51. The van der Waals surface area contributed by atoms with Gasteiger partial charge in [-0.15, -0.1) is 0 Å². The van der Waals surface area contributed by atoms with Crippen LogP contribution in [0, 0.1) is 12.7 Å². The van der Waals surface area contributed by atoms with Crippen LogP contribution in [-0.2, 0) is 16.0 Å². The number of rotatable bonds is 6. The number of pyridine rings is 1. The molecule has 1 fully saturated rings. The van der Waals surface area contributed by atoms with Crippen LogP contribution in [0.5, 0.6) is 17.4 Å². The summed E-state index contributed by atoms with van der Waals surface area (Å²) in [6.07, 6.45) is 2.53. The fraction of sp³-hybridized carbons (Fsp3) is 0.480. The van der Waals surface area contributed by atoms with Crippen LogP contribution in [0.15, 0.2) is 18.3 Å². The lowest BCUT2D eigenvalue weighted by atomic mass is 10.1. The second-order valence-corrected chi connectivity index (χ2v) is 9.22. The number of nitrogens with one attached hydrogen (secondary N) is 1. The molecule has 2 aromatic rings. The van der Waals surface area contributed by atoms with E-state index in [0.29, 0.717) is 48.7 Å². The van der Waals surface area contributed by atoms with E-state index in [4.69, 9.17) is 18.9 Å². The highest BCUT2D eigenvalue weighted by atomic mass is 19.1. The van der Waals surface area contributed by atoms with Crippen molar-refractivity contribution in [1.29, 1.82) is 0 Å². The summed E-state index contributed by atoms with van der Waals surface area (Å²) < 4.78 is 38.1. The number of fused-ring (bicyclic) bond motifs is 3. The van der Waals surface area contributed by atoms with Crippen molar-refractivity contribution in [3.8, 4) is 17.4 Å². The molecule has 10 heteroatoms. The van der Waals surface area contributed by atoms with E-state index in [1.165, 1.54) is 13.2 Å². The molecule has 1 aromatic carbocycles. The lowest BCUT2D eigenvalue weighted by Gasteiger charge is -2.23. The molecule has 1 aromatic heterocycles. The van der Waals surface area contributed by atoms with E-state index in [1.807, 2.05) is 0 Å². The van der Waals surface area contributed by atoms with E-state index in [2.05, 4.69) is 10.3 Å². The Balaban J connectivity index is 1.37. The maximum Gasteiger partial charge on any atom is 0.262 e. The second kappa shape index (κ2) is 9.33. The zero-order valence-electron chi connectivity index (χ0n) is 19.9. The normalized spacial score (nSPS) is 21.8. The van der Waals surface area contributed by atoms with Crippen molar-refractivity contribution in [1.82, 2.24) is 9.88 Å². The quantitative estimate of drug-likeness (QED) is 0.672. The van der Waals surface area contributed by atoms with Crippen molar-refractivity contribution in [2.24, 2.45) is 0 Å². The number of methoxy groups -OCH3 is 1. The number of amides is 2. The highest BCUT2D eigenvalue weighted by molar-refractivity contribution is 6.00. The Bertz CT molecular complexity index is 1170. The summed E-state index contributed by atoms with van der Waals surface area (Å²) in [5, 5.41) is 2.84. The summed E-state index contributed by atoms with van der Waals surface area (Å²) in [7, 11) is 1.53. The van der Waals surface area contributed by atoms with Gasteiger partial charge in [-0.3, -0.25) is 9.59 Å². The number of aromatic nitrogens is 1. The van der Waals surface area contributed by atoms with Crippen molar-refractivity contribution >= 4 is 17.5 Å². The minimum Gasteiger partial charge on any atom is -0.490 e. The molecular formula is C25H28FN3O6. The number of benzene rings is 1. The molecule has 0 radical (unpaired) electrons. The first kappa shape index (κ1) is 23.3. The van der Waals surface area contributed by atoms with Crippen LogP contribution in [0.3, 0.4) is 0 Å². The molecular weight excluding hydrogens is 457 g/mol. The predicted octanol–water partition coefficient (Wildman–Crippen LogP) is 2.88. The van der Waals surface area contributed by atoms with Crippen LogP contribution in [0.25, 0.3) is 0 Å². The minimum atomic E-state index is -0.589. The van der Waals surface area contributed by atoms with Gasteiger partial charge in [0.1, 0.15) is 30.1 Å². The molecule has 4 heterocycles. The van der Waals surface area contributed by atoms with E-state index in [0.717, 1.165) is 5.56 Å². The second-order valence-electron chi connectivity index (χ2n) is 9.22. The van der Waals surface area contributed by atoms with Gasteiger partial charge in [0, 0.05) is 32.2 Å². The summed E-state index contributed by atoms with van der Waals surface area (Å²) in [6, 6.07) is 3.01. The monoisotopic (exact) mass is 485 g/mol. The Labute approximate surface area is 202 Å². The molecule has 3 aliphatic heterocycles. The molecule has 186 valence electrons. The summed E-state index contributed by atoms with van der Waals surface area (Å²) >= 11 is 0. The number of ether oxygens (including phenoxy) is 4. The van der Waals surface area contributed by atoms with Gasteiger partial charge in [0.05, 0.1) is 24.9 Å². The van der Waals surface area contributed by atoms with Gasteiger partial charge in [-0.1, -0.05) is 0 Å². The van der Waals surface area contributed by atoms with Crippen LogP contribution in [0.2, 0.25) is 0 Å². The molecule has 0 spiro atoms. The SMILES string of the molecule is COC[C@@H](C)Oc1c(F)c(C)cc2c1C(=O)N1C[C@@H](Oc3cc4c(cn3)CCC(=O)N4)C[C@@H]1CO2. The van der Waals surface area contributed by atoms with E-state index in [9.17, 15) is 9.59 Å². The van der Waals surface area contributed by atoms with Gasteiger partial charge < -0.3 is 29.2 Å². The van der Waals surface area contributed by atoms with Gasteiger partial charge in [0.2, 0.25) is 11.8 Å². The average molecular weight is 486 g/mol. The van der Waals surface area contributed by atoms with Crippen LogP contribution < -0.4 is 19.5 Å². The third-order valence-electron chi connectivity index (χ3n) is 6.51. The van der Waals surface area contributed by atoms with E-state index < -0.39 is 11.9 Å². The third kappa shape index (κ3) is 4.50. The molecule has 3 atom stereocenters. The zero-order chi connectivity index (χ0) is 24.7. The van der Waals surface area contributed by atoms with Gasteiger partial charge in [-0.2, -0.15) is 0 Å². The molecule has 0 bridgehead atoms. The fourth-order valence-electron chi connectivity index (χ4n) is 4.80. The van der Waals surface area contributed by atoms with Crippen molar-refractivity contribution in [2.45, 2.75) is 51.4 Å². The van der Waals surface area contributed by atoms with Crippen LogP contribution in [0.4, 0.5) is 10.1 Å². The summed E-state index contributed by atoms with van der Waals surface area (Å²) in [6.45, 7) is 4.15. The Morgan fingerprint density at radius 2 is 2.14 bits per heavy atom. The fourth-order valence-corrected chi connectivity index (χ4v) is 4.80. The highest BCUT2D eigenvalue weighted by Crippen LogP contribution is 2.40. The molecule has 1 N–H and O–H groups in total. The highest BCUT2D eigenvalue weighted by Gasteiger charge is 2.42. The van der Waals surface area contributed by atoms with Crippen LogP contribution >= 0.6 is 0 Å². The molecule has 35 heavy (non-hydrogen) atoms. The number of hydrogen-bond donors (Lipinski definition) is 1. The molecule has 3 aliphatic rings. The molecule has 0 saturated carbocycles. The first-order valence-electron chi connectivity index (χ1n) is 11.7. The molecule has 2 amide bonds. The number of carbonyl (C=O) groups is 2. The Morgan fingerprint density at radius 1 is 1.31 bits per heavy atom. The predicted molar refractivity (Wildman–Crippen MR) is 124 cm³/mol. The molecule has 1 saturated heterocycles. The number of aryl methyl sites for hydroxylation is 2. The zero-order valence-corrected chi connectivity index (χ0v) is 19.9. The van der Waals surface area contributed by atoms with E-state index in [1.54, 1.807) is 31.0 Å². The van der Waals surface area contributed by atoms with Gasteiger partial charge in [-0.05, 0) is 37.5 Å². The molecule has 9 nitrogen and oxygen atoms in total. The largest absolute Gasteiger partial charge is 0.490 e. The number of anilines is 1. The number of nitrogens with zero attached hydrogens (tertiary/aromatic N) is 2. The average Bonchev–Trinajstić information content (AvgIpc) is 3.17. The maximum atomic E-state index is 15.1. The topological polar surface area (TPSA) is 99.2 Å². The van der Waals surface area contributed by atoms with Crippen molar-refractivity contribution in [2.75, 3.05) is 32.2 Å². The molecule has 0 aliphatic carbocycles. The summed E-state index contributed by atoms with van der Waals surface area (Å²) in [5.74, 6) is -0.418. The van der Waals surface area contributed by atoms with Crippen LogP contribution in [-0.4, -0.2) is 66.8 Å². The minimum absolute atomic E-state index is 0.0365. The Hall–Kier alpha value is -3.40. The standard InChI is InChI=1S/C25H28FN3O6/c1-13-6-19-22(24(23(13)26)34-14(2)11-32-3)25(31)29-10-17(7-16(29)12-33-19)35-21-8-18-15(9-27-21)4-5-20(30)28-18/h6,8-9,14,16-17H,4-5,7,10-12H2,1-3H3,(H,28,30)/t14-,16-,17+/m1/s1. The first-order valence-corrected chi connectivity index (χ1v) is 11.7. The lowest BCUT2D eigenvalue weighted by molar-refractivity contribution is -0.116. The maximum absolute atomic E-state index is 15.1. The van der Waals surface area contributed by atoms with Gasteiger partial charge in [0.25, 0.3) is 5.91 Å². The number of halogens is 1. The van der Waals surface area contributed by atoms with Gasteiger partial charge in [0.15, 0.2) is 11.6 Å². The lowest BCUT2D eigenvalue weighted by Crippen LogP contribution is -2.37. The van der Waals surface area contributed by atoms with Crippen LogP contribution in [0.1, 0.15) is 41.3 Å². The van der Waals surface area contributed by atoms with Crippen molar-refractivity contribution < 1.29 is 32.9 Å².